The highest BCUT2D eigenvalue weighted by Gasteiger charge is 2.25. The van der Waals surface area contributed by atoms with E-state index in [-0.39, 0.29) is 0 Å². The molecule has 0 fully saturated rings. The third-order valence-corrected chi connectivity index (χ3v) is 3.20. The summed E-state index contributed by atoms with van der Waals surface area (Å²) in [5.41, 5.74) is 3.51. The van der Waals surface area contributed by atoms with Gasteiger partial charge in [-0.2, -0.15) is 0 Å². The van der Waals surface area contributed by atoms with E-state index in [2.05, 4.69) is 31.3 Å². The minimum Gasteiger partial charge on any atom is -0.304 e. The SMILES string of the molecule is CC(C)c1ccc2c(c1)CNC(C(F)F)C2. The molecule has 0 radical (unpaired) electrons. The van der Waals surface area contributed by atoms with Crippen LogP contribution in [0.15, 0.2) is 18.2 Å². The zero-order valence-corrected chi connectivity index (χ0v) is 9.63. The van der Waals surface area contributed by atoms with E-state index in [0.717, 1.165) is 5.56 Å². The van der Waals surface area contributed by atoms with Gasteiger partial charge in [0.25, 0.3) is 6.43 Å². The van der Waals surface area contributed by atoms with E-state index in [1.165, 1.54) is 11.1 Å². The first-order chi connectivity index (χ1) is 7.58. The standard InChI is InChI=1S/C13H17F2N/c1-8(2)9-3-4-10-6-12(13(14)15)16-7-11(10)5-9/h3-5,8,12-13,16H,6-7H2,1-2H3. The predicted molar refractivity (Wildman–Crippen MR) is 60.9 cm³/mol. The summed E-state index contributed by atoms with van der Waals surface area (Å²) in [6, 6.07) is 5.50. The van der Waals surface area contributed by atoms with Gasteiger partial charge < -0.3 is 5.32 Å². The maximum atomic E-state index is 12.6. The van der Waals surface area contributed by atoms with Crippen molar-refractivity contribution in [2.24, 2.45) is 0 Å². The molecule has 0 saturated carbocycles. The summed E-state index contributed by atoms with van der Waals surface area (Å²) < 4.78 is 25.1. The third-order valence-electron chi connectivity index (χ3n) is 3.20. The van der Waals surface area contributed by atoms with Gasteiger partial charge in [0.05, 0.1) is 6.04 Å². The van der Waals surface area contributed by atoms with Crippen molar-refractivity contribution in [3.8, 4) is 0 Å². The zero-order chi connectivity index (χ0) is 11.7. The Bertz CT molecular complexity index is 374. The maximum Gasteiger partial charge on any atom is 0.254 e. The lowest BCUT2D eigenvalue weighted by Gasteiger charge is -2.26. The van der Waals surface area contributed by atoms with Crippen molar-refractivity contribution in [1.29, 1.82) is 0 Å². The molecule has 0 spiro atoms. The highest BCUT2D eigenvalue weighted by atomic mass is 19.3. The van der Waals surface area contributed by atoms with Gasteiger partial charge in [-0.25, -0.2) is 8.78 Å². The summed E-state index contributed by atoms with van der Waals surface area (Å²) in [6.07, 6.45) is -1.84. The van der Waals surface area contributed by atoms with Crippen molar-refractivity contribution in [3.63, 3.8) is 0 Å². The van der Waals surface area contributed by atoms with Crippen molar-refractivity contribution >= 4 is 0 Å². The second-order valence-corrected chi connectivity index (χ2v) is 4.71. The molecule has 1 N–H and O–H groups in total. The molecule has 1 nitrogen and oxygen atoms in total. The fraction of sp³-hybridized carbons (Fsp3) is 0.538. The monoisotopic (exact) mass is 225 g/mol. The van der Waals surface area contributed by atoms with Crippen LogP contribution in [-0.4, -0.2) is 12.5 Å². The van der Waals surface area contributed by atoms with Crippen LogP contribution in [-0.2, 0) is 13.0 Å². The first-order valence-corrected chi connectivity index (χ1v) is 5.71. The fourth-order valence-electron chi connectivity index (χ4n) is 2.10. The third kappa shape index (κ3) is 2.24. The number of hydrogen-bond acceptors (Lipinski definition) is 1. The zero-order valence-electron chi connectivity index (χ0n) is 9.63. The molecule has 1 aliphatic rings. The van der Waals surface area contributed by atoms with Crippen LogP contribution in [0.25, 0.3) is 0 Å². The summed E-state index contributed by atoms with van der Waals surface area (Å²) in [7, 11) is 0. The Kier molecular flexibility index (Phi) is 3.24. The smallest absolute Gasteiger partial charge is 0.254 e. The minimum absolute atomic E-state index is 0.436. The van der Waals surface area contributed by atoms with Crippen molar-refractivity contribution < 1.29 is 8.78 Å². The van der Waals surface area contributed by atoms with Gasteiger partial charge in [-0.05, 0) is 29.0 Å². The highest BCUT2D eigenvalue weighted by Crippen LogP contribution is 2.24. The largest absolute Gasteiger partial charge is 0.304 e. The molecule has 0 aliphatic carbocycles. The van der Waals surface area contributed by atoms with Crippen LogP contribution in [0.4, 0.5) is 8.78 Å². The molecule has 3 heteroatoms. The van der Waals surface area contributed by atoms with E-state index in [1.54, 1.807) is 0 Å². The molecule has 1 aromatic rings. The number of nitrogens with one attached hydrogen (secondary N) is 1. The molecule has 1 heterocycles. The Morgan fingerprint density at radius 3 is 2.62 bits per heavy atom. The van der Waals surface area contributed by atoms with Crippen LogP contribution >= 0.6 is 0 Å². The maximum absolute atomic E-state index is 12.6. The summed E-state index contributed by atoms with van der Waals surface area (Å²) in [5.74, 6) is 0.484. The van der Waals surface area contributed by atoms with Crippen LogP contribution < -0.4 is 5.32 Å². The number of benzene rings is 1. The fourth-order valence-corrected chi connectivity index (χ4v) is 2.10. The van der Waals surface area contributed by atoms with Gasteiger partial charge in [-0.3, -0.25) is 0 Å². The van der Waals surface area contributed by atoms with Crippen molar-refractivity contribution in [2.75, 3.05) is 0 Å². The molecular formula is C13H17F2N. The number of rotatable bonds is 2. The van der Waals surface area contributed by atoms with E-state index < -0.39 is 12.5 Å². The van der Waals surface area contributed by atoms with Crippen molar-refractivity contribution in [2.45, 2.75) is 45.2 Å². The summed E-state index contributed by atoms with van der Waals surface area (Å²) >= 11 is 0. The average Bonchev–Trinajstić information content (AvgIpc) is 2.27. The van der Waals surface area contributed by atoms with Gasteiger partial charge >= 0.3 is 0 Å². The molecule has 2 rings (SSSR count). The van der Waals surface area contributed by atoms with E-state index in [9.17, 15) is 8.78 Å². The molecule has 0 bridgehead atoms. The first kappa shape index (κ1) is 11.5. The van der Waals surface area contributed by atoms with Crippen molar-refractivity contribution in [1.82, 2.24) is 5.32 Å². The number of halogens is 2. The van der Waals surface area contributed by atoms with Crippen LogP contribution in [0.1, 0.15) is 36.5 Å². The molecule has 1 unspecified atom stereocenters. The molecule has 1 atom stereocenters. The Morgan fingerprint density at radius 1 is 1.25 bits per heavy atom. The van der Waals surface area contributed by atoms with E-state index in [0.29, 0.717) is 18.9 Å². The van der Waals surface area contributed by atoms with Crippen LogP contribution in [0.3, 0.4) is 0 Å². The van der Waals surface area contributed by atoms with E-state index >= 15 is 0 Å². The van der Waals surface area contributed by atoms with Crippen LogP contribution in [0.2, 0.25) is 0 Å². The lowest BCUT2D eigenvalue weighted by Crippen LogP contribution is -2.40. The van der Waals surface area contributed by atoms with Gasteiger partial charge in [-0.15, -0.1) is 0 Å². The second-order valence-electron chi connectivity index (χ2n) is 4.71. The number of fused-ring (bicyclic) bond motifs is 1. The molecule has 88 valence electrons. The Morgan fingerprint density at radius 2 is 2.00 bits per heavy atom. The quantitative estimate of drug-likeness (QED) is 0.815. The predicted octanol–water partition coefficient (Wildman–Crippen LogP) is 3.09. The van der Waals surface area contributed by atoms with Crippen LogP contribution in [0, 0.1) is 0 Å². The minimum atomic E-state index is -2.28. The van der Waals surface area contributed by atoms with E-state index in [1.807, 2.05) is 6.07 Å². The lowest BCUT2D eigenvalue weighted by atomic mass is 9.91. The second kappa shape index (κ2) is 4.50. The normalized spacial score (nSPS) is 20.2. The molecule has 1 aliphatic heterocycles. The van der Waals surface area contributed by atoms with Gasteiger partial charge in [0.15, 0.2) is 0 Å². The number of alkyl halides is 2. The summed E-state index contributed by atoms with van der Waals surface area (Å²) in [4.78, 5) is 0. The Labute approximate surface area is 94.9 Å². The molecule has 0 aromatic heterocycles. The Balaban J connectivity index is 2.22. The number of hydrogen-bond donors (Lipinski definition) is 1. The first-order valence-electron chi connectivity index (χ1n) is 5.71. The summed E-state index contributed by atoms with van der Waals surface area (Å²) in [6.45, 7) is 4.84. The molecule has 0 amide bonds. The molecular weight excluding hydrogens is 208 g/mol. The topological polar surface area (TPSA) is 12.0 Å². The molecule has 1 aromatic carbocycles. The molecule has 0 saturated heterocycles. The summed E-state index contributed by atoms with van der Waals surface area (Å²) in [5, 5.41) is 2.89. The van der Waals surface area contributed by atoms with Crippen LogP contribution in [0.5, 0.6) is 0 Å². The van der Waals surface area contributed by atoms with E-state index in [4.69, 9.17) is 0 Å². The lowest BCUT2D eigenvalue weighted by molar-refractivity contribution is 0.0942. The highest BCUT2D eigenvalue weighted by molar-refractivity contribution is 5.35. The molecule has 16 heavy (non-hydrogen) atoms. The Hall–Kier alpha value is -0.960. The average molecular weight is 225 g/mol. The van der Waals surface area contributed by atoms with Crippen molar-refractivity contribution in [3.05, 3.63) is 34.9 Å². The van der Waals surface area contributed by atoms with Gasteiger partial charge in [0.1, 0.15) is 0 Å². The van der Waals surface area contributed by atoms with Gasteiger partial charge in [0.2, 0.25) is 0 Å². The van der Waals surface area contributed by atoms with Gasteiger partial charge in [0, 0.05) is 6.54 Å². The van der Waals surface area contributed by atoms with Gasteiger partial charge in [-0.1, -0.05) is 32.0 Å².